The Kier molecular flexibility index (Phi) is 3.88. The molecule has 16 heavy (non-hydrogen) atoms. The van der Waals surface area contributed by atoms with Crippen LogP contribution >= 0.6 is 0 Å². The van der Waals surface area contributed by atoms with Crippen LogP contribution in [0.5, 0.6) is 0 Å². The molecule has 5 nitrogen and oxygen atoms in total. The SMILES string of the molecule is CNc1c(C)cc(/C=N/OC)cc1C(=O)O. The smallest absolute Gasteiger partial charge is 0.337 e. The lowest BCUT2D eigenvalue weighted by atomic mass is 10.0. The summed E-state index contributed by atoms with van der Waals surface area (Å²) in [6.45, 7) is 1.84. The quantitative estimate of drug-likeness (QED) is 0.601. The van der Waals surface area contributed by atoms with E-state index < -0.39 is 5.97 Å². The van der Waals surface area contributed by atoms with Gasteiger partial charge in [0.2, 0.25) is 0 Å². The number of benzene rings is 1. The van der Waals surface area contributed by atoms with Gasteiger partial charge in [-0.3, -0.25) is 0 Å². The Balaban J connectivity index is 3.28. The van der Waals surface area contributed by atoms with E-state index in [0.29, 0.717) is 11.3 Å². The van der Waals surface area contributed by atoms with E-state index in [1.54, 1.807) is 13.1 Å². The van der Waals surface area contributed by atoms with Gasteiger partial charge in [-0.25, -0.2) is 4.79 Å². The fourth-order valence-electron chi connectivity index (χ4n) is 1.50. The standard InChI is InChI=1S/C11H14N2O3/c1-7-4-8(6-13-16-3)5-9(11(14)15)10(7)12-2/h4-6,12H,1-3H3,(H,14,15)/b13-6+. The zero-order valence-electron chi connectivity index (χ0n) is 9.44. The van der Waals surface area contributed by atoms with Crippen LogP contribution in [0.25, 0.3) is 0 Å². The predicted octanol–water partition coefficient (Wildman–Crippen LogP) is 1.72. The van der Waals surface area contributed by atoms with E-state index in [2.05, 4.69) is 15.3 Å². The number of anilines is 1. The van der Waals surface area contributed by atoms with Crippen molar-refractivity contribution in [3.05, 3.63) is 28.8 Å². The fraction of sp³-hybridized carbons (Fsp3) is 0.273. The van der Waals surface area contributed by atoms with Crippen LogP contribution in [-0.4, -0.2) is 31.4 Å². The van der Waals surface area contributed by atoms with E-state index >= 15 is 0 Å². The number of nitrogens with zero attached hydrogens (tertiary/aromatic N) is 1. The number of nitrogens with one attached hydrogen (secondary N) is 1. The predicted molar refractivity (Wildman–Crippen MR) is 62.3 cm³/mol. The normalized spacial score (nSPS) is 10.4. The van der Waals surface area contributed by atoms with Crippen molar-refractivity contribution in [2.75, 3.05) is 19.5 Å². The molecule has 0 spiro atoms. The van der Waals surface area contributed by atoms with Gasteiger partial charge in [0, 0.05) is 7.05 Å². The summed E-state index contributed by atoms with van der Waals surface area (Å²) >= 11 is 0. The maximum Gasteiger partial charge on any atom is 0.337 e. The highest BCUT2D eigenvalue weighted by atomic mass is 16.6. The minimum absolute atomic E-state index is 0.222. The second-order valence-electron chi connectivity index (χ2n) is 3.23. The Labute approximate surface area is 93.7 Å². The van der Waals surface area contributed by atoms with Crippen molar-refractivity contribution in [3.8, 4) is 0 Å². The van der Waals surface area contributed by atoms with Crippen molar-refractivity contribution < 1.29 is 14.7 Å². The number of rotatable bonds is 4. The highest BCUT2D eigenvalue weighted by Crippen LogP contribution is 2.21. The third-order valence-corrected chi connectivity index (χ3v) is 2.15. The lowest BCUT2D eigenvalue weighted by Crippen LogP contribution is -2.05. The molecule has 0 atom stereocenters. The second kappa shape index (κ2) is 5.16. The average molecular weight is 222 g/mol. The first kappa shape index (κ1) is 12.0. The topological polar surface area (TPSA) is 70.9 Å². The highest BCUT2D eigenvalue weighted by molar-refractivity contribution is 5.97. The molecule has 0 unspecified atom stereocenters. The molecule has 0 saturated heterocycles. The minimum atomic E-state index is -0.972. The largest absolute Gasteiger partial charge is 0.478 e. The van der Waals surface area contributed by atoms with Crippen LogP contribution in [0.2, 0.25) is 0 Å². The zero-order chi connectivity index (χ0) is 12.1. The summed E-state index contributed by atoms with van der Waals surface area (Å²) in [4.78, 5) is 15.6. The molecular weight excluding hydrogens is 208 g/mol. The molecule has 0 aliphatic carbocycles. The van der Waals surface area contributed by atoms with Gasteiger partial charge in [-0.1, -0.05) is 5.16 Å². The fourth-order valence-corrected chi connectivity index (χ4v) is 1.50. The van der Waals surface area contributed by atoms with Crippen LogP contribution in [0.15, 0.2) is 17.3 Å². The van der Waals surface area contributed by atoms with Gasteiger partial charge in [-0.2, -0.15) is 0 Å². The summed E-state index contributed by atoms with van der Waals surface area (Å²) in [5.41, 5.74) is 2.37. The van der Waals surface area contributed by atoms with Crippen molar-refractivity contribution in [1.29, 1.82) is 0 Å². The van der Waals surface area contributed by atoms with Crippen LogP contribution in [0.4, 0.5) is 5.69 Å². The number of aryl methyl sites for hydroxylation is 1. The number of aromatic carboxylic acids is 1. The van der Waals surface area contributed by atoms with E-state index in [1.807, 2.05) is 13.0 Å². The average Bonchev–Trinajstić information content (AvgIpc) is 2.25. The molecule has 5 heteroatoms. The van der Waals surface area contributed by atoms with E-state index in [-0.39, 0.29) is 5.56 Å². The van der Waals surface area contributed by atoms with Gasteiger partial charge >= 0.3 is 5.97 Å². The van der Waals surface area contributed by atoms with Crippen LogP contribution in [-0.2, 0) is 4.84 Å². The van der Waals surface area contributed by atoms with Gasteiger partial charge in [-0.15, -0.1) is 0 Å². The summed E-state index contributed by atoms with van der Waals surface area (Å²) in [6.07, 6.45) is 1.47. The van der Waals surface area contributed by atoms with Crippen LogP contribution in [0.3, 0.4) is 0 Å². The molecule has 1 aromatic rings. The summed E-state index contributed by atoms with van der Waals surface area (Å²) in [5, 5.41) is 15.5. The Hall–Kier alpha value is -2.04. The van der Waals surface area contributed by atoms with Crippen molar-refractivity contribution in [2.24, 2.45) is 5.16 Å². The summed E-state index contributed by atoms with van der Waals surface area (Å²) in [5.74, 6) is -0.972. The van der Waals surface area contributed by atoms with Crippen LogP contribution in [0.1, 0.15) is 21.5 Å². The lowest BCUT2D eigenvalue weighted by molar-refractivity contribution is 0.0698. The Morgan fingerprint density at radius 1 is 1.56 bits per heavy atom. The maximum atomic E-state index is 11.0. The molecule has 1 rings (SSSR count). The molecule has 0 amide bonds. The number of oxime groups is 1. The molecule has 0 fully saturated rings. The highest BCUT2D eigenvalue weighted by Gasteiger charge is 2.12. The molecule has 0 aromatic heterocycles. The molecule has 0 aliphatic rings. The van der Waals surface area contributed by atoms with E-state index in [1.165, 1.54) is 13.3 Å². The van der Waals surface area contributed by atoms with Gasteiger partial charge in [0.25, 0.3) is 0 Å². The Morgan fingerprint density at radius 3 is 2.75 bits per heavy atom. The number of hydrogen-bond donors (Lipinski definition) is 2. The first-order chi connectivity index (χ1) is 7.60. The van der Waals surface area contributed by atoms with Gasteiger partial charge in [0.15, 0.2) is 0 Å². The molecular formula is C11H14N2O3. The van der Waals surface area contributed by atoms with E-state index in [0.717, 1.165) is 5.56 Å². The molecule has 1 aromatic carbocycles. The van der Waals surface area contributed by atoms with Crippen molar-refractivity contribution in [1.82, 2.24) is 0 Å². The molecule has 0 bridgehead atoms. The molecule has 2 N–H and O–H groups in total. The van der Waals surface area contributed by atoms with Gasteiger partial charge in [0.1, 0.15) is 7.11 Å². The number of hydrogen-bond acceptors (Lipinski definition) is 4. The molecule has 0 aliphatic heterocycles. The Bertz CT molecular complexity index is 427. The third kappa shape index (κ3) is 2.50. The molecule has 0 heterocycles. The van der Waals surface area contributed by atoms with Crippen molar-refractivity contribution >= 4 is 17.9 Å². The van der Waals surface area contributed by atoms with E-state index in [9.17, 15) is 4.79 Å². The van der Waals surface area contributed by atoms with Gasteiger partial charge in [-0.05, 0) is 30.2 Å². The molecule has 0 radical (unpaired) electrons. The van der Waals surface area contributed by atoms with Crippen LogP contribution in [0, 0.1) is 6.92 Å². The Morgan fingerprint density at radius 2 is 2.25 bits per heavy atom. The summed E-state index contributed by atoms with van der Waals surface area (Å²) in [7, 11) is 3.13. The zero-order valence-corrected chi connectivity index (χ0v) is 9.44. The third-order valence-electron chi connectivity index (χ3n) is 2.15. The minimum Gasteiger partial charge on any atom is -0.478 e. The maximum absolute atomic E-state index is 11.0. The molecule has 86 valence electrons. The summed E-state index contributed by atoms with van der Waals surface area (Å²) < 4.78 is 0. The monoisotopic (exact) mass is 222 g/mol. The first-order valence-corrected chi connectivity index (χ1v) is 4.72. The number of carbonyl (C=O) groups is 1. The first-order valence-electron chi connectivity index (χ1n) is 4.72. The van der Waals surface area contributed by atoms with Gasteiger partial charge < -0.3 is 15.3 Å². The van der Waals surface area contributed by atoms with Gasteiger partial charge in [0.05, 0.1) is 17.5 Å². The van der Waals surface area contributed by atoms with Crippen LogP contribution < -0.4 is 5.32 Å². The van der Waals surface area contributed by atoms with Crippen molar-refractivity contribution in [2.45, 2.75) is 6.92 Å². The number of carboxylic acids is 1. The lowest BCUT2D eigenvalue weighted by Gasteiger charge is -2.10. The summed E-state index contributed by atoms with van der Waals surface area (Å²) in [6, 6.07) is 3.38. The van der Waals surface area contributed by atoms with Crippen molar-refractivity contribution in [3.63, 3.8) is 0 Å². The second-order valence-corrected chi connectivity index (χ2v) is 3.23. The van der Waals surface area contributed by atoms with E-state index in [4.69, 9.17) is 5.11 Å². The number of carboxylic acid groups (broad SMARTS) is 1. The molecule has 0 saturated carbocycles.